The van der Waals surface area contributed by atoms with Gasteiger partial charge in [-0.25, -0.2) is 0 Å². The van der Waals surface area contributed by atoms with Gasteiger partial charge in [0.1, 0.15) is 11.5 Å². The van der Waals surface area contributed by atoms with Gasteiger partial charge in [-0.15, -0.1) is 11.8 Å². The zero-order valence-corrected chi connectivity index (χ0v) is 13.2. The van der Waals surface area contributed by atoms with Crippen LogP contribution in [-0.2, 0) is 6.54 Å². The standard InChI is InChI=1S/C16H18ClNOS/c1-3-20-16-6-4-5-15(13(16)10-18)19-14-8-7-12(17)9-11(14)2/h4-9H,3,10,18H2,1-2H3. The highest BCUT2D eigenvalue weighted by atomic mass is 35.5. The minimum Gasteiger partial charge on any atom is -0.457 e. The van der Waals surface area contributed by atoms with Gasteiger partial charge in [0.15, 0.2) is 0 Å². The molecule has 106 valence electrons. The predicted molar refractivity (Wildman–Crippen MR) is 87.0 cm³/mol. The number of hydrogen-bond donors (Lipinski definition) is 1. The maximum atomic E-state index is 6.02. The predicted octanol–water partition coefficient (Wildman–Crippen LogP) is 5.01. The van der Waals surface area contributed by atoms with Gasteiger partial charge in [0, 0.05) is 22.0 Å². The summed E-state index contributed by atoms with van der Waals surface area (Å²) < 4.78 is 6.02. The lowest BCUT2D eigenvalue weighted by molar-refractivity contribution is 0.470. The van der Waals surface area contributed by atoms with Crippen LogP contribution in [0.3, 0.4) is 0 Å². The normalized spacial score (nSPS) is 10.6. The highest BCUT2D eigenvalue weighted by Gasteiger charge is 2.10. The van der Waals surface area contributed by atoms with Crippen LogP contribution in [0.2, 0.25) is 5.02 Å². The number of ether oxygens (including phenoxy) is 1. The molecule has 0 saturated carbocycles. The summed E-state index contributed by atoms with van der Waals surface area (Å²) in [5.74, 6) is 2.63. The van der Waals surface area contributed by atoms with Gasteiger partial charge in [0.2, 0.25) is 0 Å². The van der Waals surface area contributed by atoms with Gasteiger partial charge in [-0.05, 0) is 48.6 Å². The van der Waals surface area contributed by atoms with Crippen molar-refractivity contribution in [1.29, 1.82) is 0 Å². The van der Waals surface area contributed by atoms with Crippen LogP contribution in [0.25, 0.3) is 0 Å². The van der Waals surface area contributed by atoms with Gasteiger partial charge in [-0.2, -0.15) is 0 Å². The monoisotopic (exact) mass is 307 g/mol. The fourth-order valence-corrected chi connectivity index (χ4v) is 3.05. The van der Waals surface area contributed by atoms with E-state index in [2.05, 4.69) is 13.0 Å². The Morgan fingerprint density at radius 3 is 2.65 bits per heavy atom. The Labute approximate surface area is 129 Å². The molecule has 0 unspecified atom stereocenters. The summed E-state index contributed by atoms with van der Waals surface area (Å²) in [5, 5.41) is 0.712. The van der Waals surface area contributed by atoms with Gasteiger partial charge >= 0.3 is 0 Å². The third kappa shape index (κ3) is 3.48. The second-order valence-electron chi connectivity index (χ2n) is 4.38. The Kier molecular flexibility index (Phi) is 5.35. The van der Waals surface area contributed by atoms with Crippen molar-refractivity contribution >= 4 is 23.4 Å². The highest BCUT2D eigenvalue weighted by Crippen LogP contribution is 2.34. The molecule has 2 aromatic carbocycles. The lowest BCUT2D eigenvalue weighted by Gasteiger charge is -2.15. The Balaban J connectivity index is 2.35. The van der Waals surface area contributed by atoms with Gasteiger partial charge < -0.3 is 10.5 Å². The van der Waals surface area contributed by atoms with Crippen molar-refractivity contribution in [3.05, 3.63) is 52.5 Å². The zero-order valence-electron chi connectivity index (χ0n) is 11.7. The summed E-state index contributed by atoms with van der Waals surface area (Å²) >= 11 is 7.74. The molecule has 0 spiro atoms. The second kappa shape index (κ2) is 7.02. The molecule has 2 rings (SSSR count). The van der Waals surface area contributed by atoms with E-state index >= 15 is 0 Å². The first kappa shape index (κ1) is 15.2. The Morgan fingerprint density at radius 2 is 2.00 bits per heavy atom. The molecule has 0 saturated heterocycles. The van der Waals surface area contributed by atoms with Crippen molar-refractivity contribution < 1.29 is 4.74 Å². The molecule has 0 aliphatic rings. The molecule has 0 atom stereocenters. The first-order valence-electron chi connectivity index (χ1n) is 6.54. The molecule has 2 N–H and O–H groups in total. The molecule has 0 aliphatic carbocycles. The summed E-state index contributed by atoms with van der Waals surface area (Å²) in [5.41, 5.74) is 7.94. The molecule has 0 amide bonds. The van der Waals surface area contributed by atoms with Crippen LogP contribution in [0.5, 0.6) is 11.5 Å². The van der Waals surface area contributed by atoms with E-state index < -0.39 is 0 Å². The number of halogens is 1. The molecule has 2 aromatic rings. The highest BCUT2D eigenvalue weighted by molar-refractivity contribution is 7.99. The van der Waals surface area contributed by atoms with Crippen LogP contribution >= 0.6 is 23.4 Å². The number of hydrogen-bond acceptors (Lipinski definition) is 3. The van der Waals surface area contributed by atoms with E-state index in [1.165, 1.54) is 4.90 Å². The van der Waals surface area contributed by atoms with E-state index in [0.717, 1.165) is 28.4 Å². The van der Waals surface area contributed by atoms with Crippen molar-refractivity contribution in [3.63, 3.8) is 0 Å². The summed E-state index contributed by atoms with van der Waals surface area (Å²) in [6.45, 7) is 4.57. The lowest BCUT2D eigenvalue weighted by atomic mass is 10.2. The third-order valence-corrected chi connectivity index (χ3v) is 4.17. The molecule has 0 radical (unpaired) electrons. The van der Waals surface area contributed by atoms with Crippen LogP contribution < -0.4 is 10.5 Å². The molecule has 0 bridgehead atoms. The average Bonchev–Trinajstić information content (AvgIpc) is 2.42. The number of rotatable bonds is 5. The van der Waals surface area contributed by atoms with Crippen molar-refractivity contribution in [2.45, 2.75) is 25.3 Å². The average molecular weight is 308 g/mol. The fourth-order valence-electron chi connectivity index (χ4n) is 1.98. The van der Waals surface area contributed by atoms with E-state index in [0.29, 0.717) is 11.6 Å². The number of benzene rings is 2. The van der Waals surface area contributed by atoms with Gasteiger partial charge in [0.05, 0.1) is 0 Å². The van der Waals surface area contributed by atoms with Crippen molar-refractivity contribution in [1.82, 2.24) is 0 Å². The number of thioether (sulfide) groups is 1. The van der Waals surface area contributed by atoms with Crippen LogP contribution in [0.1, 0.15) is 18.1 Å². The fraction of sp³-hybridized carbons (Fsp3) is 0.250. The molecule has 20 heavy (non-hydrogen) atoms. The van der Waals surface area contributed by atoms with E-state index in [4.69, 9.17) is 22.1 Å². The van der Waals surface area contributed by atoms with Gasteiger partial charge in [-0.1, -0.05) is 24.6 Å². The molecule has 0 heterocycles. The van der Waals surface area contributed by atoms with Crippen molar-refractivity contribution in [3.8, 4) is 11.5 Å². The van der Waals surface area contributed by atoms with Crippen LogP contribution in [0.15, 0.2) is 41.3 Å². The van der Waals surface area contributed by atoms with E-state index in [-0.39, 0.29) is 0 Å². The summed E-state index contributed by atoms with van der Waals surface area (Å²) in [6, 6.07) is 11.6. The van der Waals surface area contributed by atoms with E-state index in [1.54, 1.807) is 11.8 Å². The Bertz CT molecular complexity index is 601. The zero-order chi connectivity index (χ0) is 14.5. The smallest absolute Gasteiger partial charge is 0.133 e. The van der Waals surface area contributed by atoms with Crippen LogP contribution in [0.4, 0.5) is 0 Å². The van der Waals surface area contributed by atoms with Crippen LogP contribution in [0, 0.1) is 6.92 Å². The van der Waals surface area contributed by atoms with E-state index in [1.807, 2.05) is 37.3 Å². The third-order valence-electron chi connectivity index (χ3n) is 2.95. The second-order valence-corrected chi connectivity index (χ2v) is 6.12. The molecule has 0 aliphatic heterocycles. The van der Waals surface area contributed by atoms with Crippen molar-refractivity contribution in [2.24, 2.45) is 5.73 Å². The maximum absolute atomic E-state index is 6.02. The number of aryl methyl sites for hydroxylation is 1. The van der Waals surface area contributed by atoms with Gasteiger partial charge in [0.25, 0.3) is 0 Å². The largest absolute Gasteiger partial charge is 0.457 e. The summed E-state index contributed by atoms with van der Waals surface area (Å²) in [7, 11) is 0. The van der Waals surface area contributed by atoms with Crippen LogP contribution in [-0.4, -0.2) is 5.75 Å². The Morgan fingerprint density at radius 1 is 1.20 bits per heavy atom. The lowest BCUT2D eigenvalue weighted by Crippen LogP contribution is -2.02. The number of nitrogens with two attached hydrogens (primary N) is 1. The maximum Gasteiger partial charge on any atom is 0.133 e. The summed E-state index contributed by atoms with van der Waals surface area (Å²) in [4.78, 5) is 1.18. The molecule has 0 aromatic heterocycles. The van der Waals surface area contributed by atoms with E-state index in [9.17, 15) is 0 Å². The molecule has 0 fully saturated rings. The SMILES string of the molecule is CCSc1cccc(Oc2ccc(Cl)cc2C)c1CN. The minimum absolute atomic E-state index is 0.463. The minimum atomic E-state index is 0.463. The van der Waals surface area contributed by atoms with Crippen molar-refractivity contribution in [2.75, 3.05) is 5.75 Å². The molecule has 2 nitrogen and oxygen atoms in total. The first-order chi connectivity index (χ1) is 9.65. The topological polar surface area (TPSA) is 35.2 Å². The molecule has 4 heteroatoms. The molecular weight excluding hydrogens is 290 g/mol. The molecular formula is C16H18ClNOS. The van der Waals surface area contributed by atoms with Gasteiger partial charge in [-0.3, -0.25) is 0 Å². The Hall–Kier alpha value is -1.16. The first-order valence-corrected chi connectivity index (χ1v) is 7.90. The summed E-state index contributed by atoms with van der Waals surface area (Å²) in [6.07, 6.45) is 0. The quantitative estimate of drug-likeness (QED) is 0.788.